The maximum absolute atomic E-state index is 13.2. The number of Topliss-reactive ketones (excluding diaryl/α,β-unsaturated/α-hetero) is 1. The molecule has 1 fully saturated rings. The molecule has 0 radical (unpaired) electrons. The number of likely N-dealkylation sites (tertiary alicyclic amines) is 1. The number of aliphatic hydroxyl groups is 1. The molecule has 0 aliphatic carbocycles. The molecule has 1 heterocycles. The Hall–Kier alpha value is -3.48. The fourth-order valence-electron chi connectivity index (χ4n) is 4.21. The van der Waals surface area contributed by atoms with Crippen LogP contribution in [-0.2, 0) is 9.59 Å². The Labute approximate surface area is 200 Å². The van der Waals surface area contributed by atoms with E-state index in [4.69, 9.17) is 14.2 Å². The molecule has 1 aliphatic heterocycles. The third-order valence-electron chi connectivity index (χ3n) is 5.77. The number of amides is 1. The number of unbranched alkanes of at least 4 members (excludes halogenated alkanes) is 2. The number of carbonyl (C=O) groups is 2. The fourth-order valence-corrected chi connectivity index (χ4v) is 4.21. The van der Waals surface area contributed by atoms with Crippen LogP contribution >= 0.6 is 0 Å². The Morgan fingerprint density at radius 3 is 2.15 bits per heavy atom. The van der Waals surface area contributed by atoms with Crippen LogP contribution in [0.1, 0.15) is 57.2 Å². The normalized spacial score (nSPS) is 17.4. The third-order valence-corrected chi connectivity index (χ3v) is 5.77. The van der Waals surface area contributed by atoms with Crippen molar-refractivity contribution in [1.82, 2.24) is 4.90 Å². The zero-order chi connectivity index (χ0) is 24.8. The van der Waals surface area contributed by atoms with Crippen LogP contribution in [-0.4, -0.2) is 48.6 Å². The Morgan fingerprint density at radius 2 is 1.62 bits per heavy atom. The van der Waals surface area contributed by atoms with Crippen LogP contribution in [0.25, 0.3) is 5.76 Å². The van der Waals surface area contributed by atoms with Crippen molar-refractivity contribution in [2.45, 2.75) is 52.2 Å². The molecule has 182 valence electrons. The summed E-state index contributed by atoms with van der Waals surface area (Å²) in [7, 11) is 2.94. The first kappa shape index (κ1) is 25.1. The summed E-state index contributed by atoms with van der Waals surface area (Å²) in [4.78, 5) is 27.9. The van der Waals surface area contributed by atoms with Crippen molar-refractivity contribution in [2.75, 3.05) is 20.8 Å². The van der Waals surface area contributed by atoms with Crippen LogP contribution in [0.2, 0.25) is 0 Å². The lowest BCUT2D eigenvalue weighted by Crippen LogP contribution is -2.30. The molecule has 0 aromatic heterocycles. The van der Waals surface area contributed by atoms with E-state index < -0.39 is 17.7 Å². The number of hydrogen-bond acceptors (Lipinski definition) is 6. The quantitative estimate of drug-likeness (QED) is 0.226. The molecule has 2 aromatic rings. The molecule has 7 heteroatoms. The summed E-state index contributed by atoms with van der Waals surface area (Å²) >= 11 is 0. The SMILES string of the molecule is CCCCCN1C(=O)C(=O)/C(=C(/O)c2c(OC)cccc2OC)C1c1ccc(OC(C)C)cc1. The average Bonchev–Trinajstić information content (AvgIpc) is 3.08. The highest BCUT2D eigenvalue weighted by Gasteiger charge is 2.46. The van der Waals surface area contributed by atoms with Gasteiger partial charge < -0.3 is 24.2 Å². The smallest absolute Gasteiger partial charge is 0.295 e. The molecule has 3 rings (SSSR count). The molecule has 1 unspecified atom stereocenters. The Morgan fingerprint density at radius 1 is 1.00 bits per heavy atom. The van der Waals surface area contributed by atoms with Gasteiger partial charge in [0.2, 0.25) is 0 Å². The van der Waals surface area contributed by atoms with Crippen LogP contribution in [0.5, 0.6) is 17.2 Å². The van der Waals surface area contributed by atoms with E-state index in [2.05, 4.69) is 6.92 Å². The zero-order valence-corrected chi connectivity index (χ0v) is 20.5. The monoisotopic (exact) mass is 467 g/mol. The van der Waals surface area contributed by atoms with E-state index in [-0.39, 0.29) is 23.0 Å². The van der Waals surface area contributed by atoms with Gasteiger partial charge in [-0.1, -0.05) is 38.0 Å². The van der Waals surface area contributed by atoms with Crippen molar-refractivity contribution in [1.29, 1.82) is 0 Å². The van der Waals surface area contributed by atoms with Gasteiger partial charge >= 0.3 is 0 Å². The van der Waals surface area contributed by atoms with Crippen molar-refractivity contribution < 1.29 is 28.9 Å². The number of nitrogens with zero attached hydrogens (tertiary/aromatic N) is 1. The van der Waals surface area contributed by atoms with Gasteiger partial charge in [0.1, 0.15) is 28.6 Å². The Bertz CT molecular complexity index is 1040. The number of ether oxygens (including phenoxy) is 3. The molecular weight excluding hydrogens is 434 g/mol. The molecule has 0 bridgehead atoms. The van der Waals surface area contributed by atoms with Gasteiger partial charge in [-0.05, 0) is 50.1 Å². The third kappa shape index (κ3) is 5.03. The van der Waals surface area contributed by atoms with Crippen LogP contribution in [0.4, 0.5) is 0 Å². The summed E-state index contributed by atoms with van der Waals surface area (Å²) in [6.07, 6.45) is 2.68. The molecule has 7 nitrogen and oxygen atoms in total. The van der Waals surface area contributed by atoms with Crippen molar-refractivity contribution in [3.8, 4) is 17.2 Å². The highest BCUT2D eigenvalue weighted by molar-refractivity contribution is 6.46. The zero-order valence-electron chi connectivity index (χ0n) is 20.5. The lowest BCUT2D eigenvalue weighted by Gasteiger charge is -2.26. The minimum atomic E-state index is -0.737. The van der Waals surface area contributed by atoms with Crippen molar-refractivity contribution >= 4 is 17.4 Å². The van der Waals surface area contributed by atoms with Gasteiger partial charge in [-0.15, -0.1) is 0 Å². The summed E-state index contributed by atoms with van der Waals surface area (Å²) in [5.74, 6) is -0.304. The average molecular weight is 468 g/mol. The van der Waals surface area contributed by atoms with Gasteiger partial charge in [0, 0.05) is 6.54 Å². The van der Waals surface area contributed by atoms with Crippen molar-refractivity contribution in [3.63, 3.8) is 0 Å². The van der Waals surface area contributed by atoms with Crippen LogP contribution in [0, 0.1) is 0 Å². The highest BCUT2D eigenvalue weighted by atomic mass is 16.5. The molecule has 0 spiro atoms. The van der Waals surface area contributed by atoms with Gasteiger partial charge in [-0.2, -0.15) is 0 Å². The molecule has 1 saturated heterocycles. The number of hydrogen-bond donors (Lipinski definition) is 1. The molecule has 1 N–H and O–H groups in total. The lowest BCUT2D eigenvalue weighted by atomic mass is 9.94. The summed E-state index contributed by atoms with van der Waals surface area (Å²) < 4.78 is 16.6. The van der Waals surface area contributed by atoms with E-state index in [0.717, 1.165) is 19.3 Å². The summed E-state index contributed by atoms with van der Waals surface area (Å²) in [6.45, 7) is 6.37. The maximum atomic E-state index is 13.2. The predicted octanol–water partition coefficient (Wildman–Crippen LogP) is 5.10. The number of rotatable bonds is 10. The van der Waals surface area contributed by atoms with Crippen LogP contribution in [0.15, 0.2) is 48.0 Å². The topological polar surface area (TPSA) is 85.3 Å². The van der Waals surface area contributed by atoms with Crippen molar-refractivity contribution in [2.24, 2.45) is 0 Å². The standard InChI is InChI=1S/C27H33NO6/c1-6-7-8-16-28-24(18-12-14-19(15-13-18)34-17(2)3)23(26(30)27(28)31)25(29)22-20(32-4)10-9-11-21(22)33-5/h9-15,17,24,29H,6-8,16H2,1-5H3/b25-23+. The van der Waals surface area contributed by atoms with Crippen LogP contribution in [0.3, 0.4) is 0 Å². The van der Waals surface area contributed by atoms with Gasteiger partial charge in [0.05, 0.1) is 31.9 Å². The number of benzene rings is 2. The lowest BCUT2D eigenvalue weighted by molar-refractivity contribution is -0.139. The molecule has 2 aromatic carbocycles. The van der Waals surface area contributed by atoms with E-state index in [1.165, 1.54) is 14.2 Å². The molecule has 34 heavy (non-hydrogen) atoms. The van der Waals surface area contributed by atoms with E-state index in [1.807, 2.05) is 38.1 Å². The number of methoxy groups -OCH3 is 2. The first-order valence-corrected chi connectivity index (χ1v) is 11.6. The van der Waals surface area contributed by atoms with Crippen LogP contribution < -0.4 is 14.2 Å². The van der Waals surface area contributed by atoms with Gasteiger partial charge in [-0.25, -0.2) is 0 Å². The van der Waals surface area contributed by atoms with Gasteiger partial charge in [-0.3, -0.25) is 9.59 Å². The second-order valence-electron chi connectivity index (χ2n) is 8.47. The molecule has 1 amide bonds. The van der Waals surface area contributed by atoms with Gasteiger partial charge in [0.25, 0.3) is 11.7 Å². The predicted molar refractivity (Wildman–Crippen MR) is 130 cm³/mol. The number of ketones is 1. The summed E-state index contributed by atoms with van der Waals surface area (Å²) in [5, 5.41) is 11.4. The summed E-state index contributed by atoms with van der Waals surface area (Å²) in [5.41, 5.74) is 0.966. The number of aliphatic hydroxyl groups excluding tert-OH is 1. The van der Waals surface area contributed by atoms with E-state index in [9.17, 15) is 14.7 Å². The first-order valence-electron chi connectivity index (χ1n) is 11.6. The first-order chi connectivity index (χ1) is 16.3. The molecule has 1 atom stereocenters. The number of carbonyl (C=O) groups excluding carboxylic acids is 2. The second kappa shape index (κ2) is 11.1. The van der Waals surface area contributed by atoms with E-state index >= 15 is 0 Å². The summed E-state index contributed by atoms with van der Waals surface area (Å²) in [6, 6.07) is 11.6. The van der Waals surface area contributed by atoms with E-state index in [0.29, 0.717) is 29.4 Å². The second-order valence-corrected chi connectivity index (χ2v) is 8.47. The molecule has 1 aliphatic rings. The van der Waals surface area contributed by atoms with Crippen molar-refractivity contribution in [3.05, 3.63) is 59.2 Å². The molecule has 0 saturated carbocycles. The Balaban J connectivity index is 2.17. The fraction of sp³-hybridized carbons (Fsp3) is 0.407. The minimum absolute atomic E-state index is 0.0156. The maximum Gasteiger partial charge on any atom is 0.295 e. The van der Waals surface area contributed by atoms with Gasteiger partial charge in [0.15, 0.2) is 0 Å². The Kier molecular flexibility index (Phi) is 8.21. The van der Waals surface area contributed by atoms with E-state index in [1.54, 1.807) is 23.1 Å². The highest BCUT2D eigenvalue weighted by Crippen LogP contribution is 2.43. The molecular formula is C27H33NO6. The largest absolute Gasteiger partial charge is 0.506 e. The minimum Gasteiger partial charge on any atom is -0.506 e.